The van der Waals surface area contributed by atoms with E-state index in [1.165, 1.54) is 0 Å². The number of carbonyl (C=O) groups is 1. The third kappa shape index (κ3) is 1.57. The second-order valence-corrected chi connectivity index (χ2v) is 4.18. The standard InChI is InChI=1S/C5H2Cl3F3O2/c6-4(7,9)3(5(8,10)11)1-2(12)13-3/h1H2. The Morgan fingerprint density at radius 2 is 1.69 bits per heavy atom. The van der Waals surface area contributed by atoms with E-state index in [1.807, 2.05) is 0 Å². The van der Waals surface area contributed by atoms with Gasteiger partial charge in [-0.3, -0.25) is 4.79 Å². The molecule has 0 N–H and O–H groups in total. The summed E-state index contributed by atoms with van der Waals surface area (Å²) in [7, 11) is 0. The molecule has 0 aromatic heterocycles. The summed E-state index contributed by atoms with van der Waals surface area (Å²) in [4.78, 5) is 10.3. The van der Waals surface area contributed by atoms with Crippen LogP contribution in [0.15, 0.2) is 0 Å². The lowest BCUT2D eigenvalue weighted by atomic mass is 9.95. The minimum atomic E-state index is -4.15. The zero-order valence-corrected chi connectivity index (χ0v) is 8.06. The molecular formula is C5H2Cl3F3O2. The van der Waals surface area contributed by atoms with Crippen molar-refractivity contribution in [1.82, 2.24) is 0 Å². The topological polar surface area (TPSA) is 26.3 Å². The van der Waals surface area contributed by atoms with Crippen LogP contribution in [0.2, 0.25) is 0 Å². The van der Waals surface area contributed by atoms with Gasteiger partial charge in [-0.05, 0) is 11.6 Å². The lowest BCUT2D eigenvalue weighted by Crippen LogP contribution is -2.65. The molecule has 0 aromatic carbocycles. The Balaban J connectivity index is 2.99. The van der Waals surface area contributed by atoms with Crippen molar-refractivity contribution < 1.29 is 22.7 Å². The Morgan fingerprint density at radius 3 is 1.77 bits per heavy atom. The normalized spacial score (nSPS) is 29.5. The molecule has 0 aromatic rings. The molecule has 0 aliphatic carbocycles. The number of ether oxygens (including phenoxy) is 1. The SMILES string of the molecule is O=C1CC(C(F)(F)Cl)(C(F)(Cl)Cl)O1. The second kappa shape index (κ2) is 2.81. The van der Waals surface area contributed by atoms with Crippen LogP contribution < -0.4 is 0 Å². The molecule has 13 heavy (non-hydrogen) atoms. The second-order valence-electron chi connectivity index (χ2n) is 2.47. The number of carbonyl (C=O) groups excluding carboxylic acids is 1. The van der Waals surface area contributed by atoms with Crippen molar-refractivity contribution in [2.24, 2.45) is 0 Å². The summed E-state index contributed by atoms with van der Waals surface area (Å²) in [5.74, 6) is -1.04. The Labute approximate surface area is 85.9 Å². The minimum absolute atomic E-state index is 0.965. The average molecular weight is 257 g/mol. The molecule has 0 amide bonds. The van der Waals surface area contributed by atoms with Crippen molar-refractivity contribution in [2.45, 2.75) is 22.0 Å². The largest absolute Gasteiger partial charge is 0.444 e. The maximum absolute atomic E-state index is 12.8. The number of hydrogen-bond acceptors (Lipinski definition) is 2. The van der Waals surface area contributed by atoms with Crippen LogP contribution in [0.4, 0.5) is 13.2 Å². The molecule has 1 saturated heterocycles. The summed E-state index contributed by atoms with van der Waals surface area (Å²) < 4.78 is 38.5. The monoisotopic (exact) mass is 256 g/mol. The van der Waals surface area contributed by atoms with E-state index in [9.17, 15) is 18.0 Å². The molecule has 1 aliphatic heterocycles. The number of rotatable bonds is 2. The van der Waals surface area contributed by atoms with Gasteiger partial charge in [-0.15, -0.1) is 0 Å². The summed E-state index contributed by atoms with van der Waals surface area (Å²) in [6, 6.07) is 0. The van der Waals surface area contributed by atoms with Crippen LogP contribution in [0.3, 0.4) is 0 Å². The van der Waals surface area contributed by atoms with Crippen molar-refractivity contribution in [1.29, 1.82) is 0 Å². The maximum atomic E-state index is 12.8. The molecule has 8 heteroatoms. The molecule has 1 heterocycles. The van der Waals surface area contributed by atoms with Gasteiger partial charge in [0.15, 0.2) is 0 Å². The van der Waals surface area contributed by atoms with Crippen LogP contribution in [-0.4, -0.2) is 21.5 Å². The third-order valence-electron chi connectivity index (χ3n) is 1.60. The van der Waals surface area contributed by atoms with Crippen LogP contribution >= 0.6 is 34.8 Å². The molecule has 76 valence electrons. The zero-order chi connectivity index (χ0) is 10.5. The molecule has 1 atom stereocenters. The van der Waals surface area contributed by atoms with Gasteiger partial charge in [0.05, 0.1) is 6.42 Å². The van der Waals surface area contributed by atoms with Crippen LogP contribution in [0.5, 0.6) is 0 Å². The highest BCUT2D eigenvalue weighted by Gasteiger charge is 2.74. The van der Waals surface area contributed by atoms with Gasteiger partial charge in [-0.25, -0.2) is 4.39 Å². The van der Waals surface area contributed by atoms with Gasteiger partial charge in [0, 0.05) is 0 Å². The van der Waals surface area contributed by atoms with Crippen LogP contribution in [0, 0.1) is 0 Å². The molecule has 1 unspecified atom stereocenters. The Morgan fingerprint density at radius 1 is 1.31 bits per heavy atom. The van der Waals surface area contributed by atoms with Crippen molar-refractivity contribution in [3.05, 3.63) is 0 Å². The van der Waals surface area contributed by atoms with Gasteiger partial charge in [0.25, 0.3) is 5.60 Å². The Kier molecular flexibility index (Phi) is 2.42. The van der Waals surface area contributed by atoms with Crippen LogP contribution in [0.1, 0.15) is 6.42 Å². The number of esters is 1. The fourth-order valence-corrected chi connectivity index (χ4v) is 1.65. The molecule has 0 bridgehead atoms. The van der Waals surface area contributed by atoms with Gasteiger partial charge in [-0.2, -0.15) is 8.78 Å². The van der Waals surface area contributed by atoms with Gasteiger partial charge in [0.1, 0.15) is 0 Å². The highest BCUT2D eigenvalue weighted by atomic mass is 35.5. The summed E-state index contributed by atoms with van der Waals surface area (Å²) in [6.45, 7) is 0. The Hall–Kier alpha value is 0.130. The minimum Gasteiger partial charge on any atom is -0.444 e. The fraction of sp³-hybridized carbons (Fsp3) is 0.800. The molecule has 1 aliphatic rings. The van der Waals surface area contributed by atoms with E-state index in [-0.39, 0.29) is 0 Å². The summed E-state index contributed by atoms with van der Waals surface area (Å²) in [5.41, 5.74) is -2.98. The molecule has 0 saturated carbocycles. The lowest BCUT2D eigenvalue weighted by molar-refractivity contribution is -0.245. The fourth-order valence-electron chi connectivity index (χ4n) is 0.866. The first kappa shape index (κ1) is 11.2. The first-order valence-corrected chi connectivity index (χ1v) is 4.09. The number of cyclic esters (lactones) is 1. The Bertz CT molecular complexity index is 220. The highest BCUT2D eigenvalue weighted by Crippen LogP contribution is 2.56. The molecule has 0 radical (unpaired) electrons. The summed E-state index contributed by atoms with van der Waals surface area (Å²) >= 11 is 14.1. The molecular weight excluding hydrogens is 255 g/mol. The number of alkyl halides is 6. The molecule has 1 fully saturated rings. The van der Waals surface area contributed by atoms with Crippen molar-refractivity contribution >= 4 is 40.8 Å². The average Bonchev–Trinajstić information content (AvgIpc) is 1.74. The van der Waals surface area contributed by atoms with Gasteiger partial charge in [-0.1, -0.05) is 23.2 Å². The van der Waals surface area contributed by atoms with Gasteiger partial charge < -0.3 is 4.74 Å². The molecule has 0 spiro atoms. The van der Waals surface area contributed by atoms with Gasteiger partial charge >= 0.3 is 15.9 Å². The van der Waals surface area contributed by atoms with E-state index < -0.39 is 28.0 Å². The smallest absolute Gasteiger partial charge is 0.367 e. The predicted molar refractivity (Wildman–Crippen MR) is 39.8 cm³/mol. The van der Waals surface area contributed by atoms with E-state index in [2.05, 4.69) is 16.3 Å². The highest BCUT2D eigenvalue weighted by molar-refractivity contribution is 6.49. The lowest BCUT2D eigenvalue weighted by Gasteiger charge is -2.45. The zero-order valence-electron chi connectivity index (χ0n) is 5.79. The number of hydrogen-bond donors (Lipinski definition) is 0. The van der Waals surface area contributed by atoms with E-state index in [0.717, 1.165) is 0 Å². The molecule has 2 nitrogen and oxygen atoms in total. The number of halogens is 6. The van der Waals surface area contributed by atoms with E-state index in [0.29, 0.717) is 0 Å². The van der Waals surface area contributed by atoms with E-state index >= 15 is 0 Å². The van der Waals surface area contributed by atoms with Crippen molar-refractivity contribution in [2.75, 3.05) is 0 Å². The van der Waals surface area contributed by atoms with E-state index in [4.69, 9.17) is 23.2 Å². The van der Waals surface area contributed by atoms with E-state index in [1.54, 1.807) is 0 Å². The third-order valence-corrected chi connectivity index (χ3v) is 2.51. The summed E-state index contributed by atoms with van der Waals surface area (Å²) in [5, 5.41) is -4.15. The maximum Gasteiger partial charge on any atom is 0.367 e. The molecule has 1 rings (SSSR count). The first-order valence-electron chi connectivity index (χ1n) is 2.95. The van der Waals surface area contributed by atoms with Crippen LogP contribution in [0.25, 0.3) is 0 Å². The quantitative estimate of drug-likeness (QED) is 0.561. The first-order chi connectivity index (χ1) is 5.60. The van der Waals surface area contributed by atoms with Gasteiger partial charge in [0.2, 0.25) is 0 Å². The summed E-state index contributed by atoms with van der Waals surface area (Å²) in [6.07, 6.45) is -0.965. The van der Waals surface area contributed by atoms with Crippen LogP contribution in [-0.2, 0) is 9.53 Å². The van der Waals surface area contributed by atoms with Crippen molar-refractivity contribution in [3.8, 4) is 0 Å². The predicted octanol–water partition coefficient (Wildman–Crippen LogP) is 2.60. The van der Waals surface area contributed by atoms with Crippen molar-refractivity contribution in [3.63, 3.8) is 0 Å².